The van der Waals surface area contributed by atoms with Crippen LogP contribution in [-0.4, -0.2) is 4.57 Å². The second-order valence-corrected chi connectivity index (χ2v) is 2.23. The van der Waals surface area contributed by atoms with Gasteiger partial charge in [0.05, 0.1) is 6.20 Å². The van der Waals surface area contributed by atoms with Crippen LogP contribution in [-0.2, 0) is 0 Å². The van der Waals surface area contributed by atoms with Crippen LogP contribution in [0.3, 0.4) is 0 Å². The van der Waals surface area contributed by atoms with Crippen LogP contribution in [0.5, 0.6) is 0 Å². The van der Waals surface area contributed by atoms with Crippen molar-refractivity contribution in [3.05, 3.63) is 40.7 Å². The van der Waals surface area contributed by atoms with Crippen molar-refractivity contribution in [2.45, 2.75) is 6.92 Å². The van der Waals surface area contributed by atoms with Crippen LogP contribution in [0, 0.1) is 5.21 Å². The highest BCUT2D eigenvalue weighted by molar-refractivity contribution is 5.36. The quantitative estimate of drug-likeness (QED) is 0.419. The molecule has 0 saturated heterocycles. The summed E-state index contributed by atoms with van der Waals surface area (Å²) >= 11 is 0. The van der Waals surface area contributed by atoms with Gasteiger partial charge >= 0.3 is 5.56 Å². The molecule has 0 aliphatic rings. The predicted octanol–water partition coefficient (Wildman–Crippen LogP) is -0.0277. The van der Waals surface area contributed by atoms with Crippen LogP contribution in [0.2, 0.25) is 0 Å². The highest BCUT2D eigenvalue weighted by atomic mass is 16.5. The standard InChI is InChI=1S/C7H8N2O2/c1-6(2)9-4-3-8(11)5-7(9)10/h3-5H,1H2,2H3. The Morgan fingerprint density at radius 2 is 2.45 bits per heavy atom. The van der Waals surface area contributed by atoms with E-state index in [4.69, 9.17) is 0 Å². The Labute approximate surface area is 63.6 Å². The average molecular weight is 152 g/mol. The van der Waals surface area contributed by atoms with Gasteiger partial charge in [0, 0.05) is 5.70 Å². The Hall–Kier alpha value is -1.58. The van der Waals surface area contributed by atoms with Crippen molar-refractivity contribution in [3.8, 4) is 0 Å². The number of hydrogen-bond donors (Lipinski definition) is 0. The molecule has 0 unspecified atom stereocenters. The van der Waals surface area contributed by atoms with Crippen molar-refractivity contribution in [3.63, 3.8) is 0 Å². The molecule has 4 nitrogen and oxygen atoms in total. The zero-order valence-electron chi connectivity index (χ0n) is 6.15. The van der Waals surface area contributed by atoms with E-state index in [2.05, 4.69) is 6.58 Å². The summed E-state index contributed by atoms with van der Waals surface area (Å²) in [6, 6.07) is 0. The molecule has 0 fully saturated rings. The maximum Gasteiger partial charge on any atom is 0.320 e. The zero-order valence-corrected chi connectivity index (χ0v) is 6.15. The third kappa shape index (κ3) is 1.46. The van der Waals surface area contributed by atoms with E-state index in [1.807, 2.05) is 0 Å². The van der Waals surface area contributed by atoms with Gasteiger partial charge in [-0.2, -0.15) is 4.73 Å². The summed E-state index contributed by atoms with van der Waals surface area (Å²) in [6.07, 6.45) is 3.59. The van der Waals surface area contributed by atoms with Crippen molar-refractivity contribution in [1.29, 1.82) is 0 Å². The lowest BCUT2D eigenvalue weighted by atomic mass is 10.5. The van der Waals surface area contributed by atoms with Crippen LogP contribution < -0.4 is 10.3 Å². The minimum absolute atomic E-state index is 0.366. The highest BCUT2D eigenvalue weighted by Gasteiger charge is 1.98. The highest BCUT2D eigenvalue weighted by Crippen LogP contribution is 1.90. The number of allylic oxidation sites excluding steroid dienone is 1. The number of hydrogen-bond acceptors (Lipinski definition) is 2. The molecule has 0 aromatic carbocycles. The first-order valence-corrected chi connectivity index (χ1v) is 3.08. The van der Waals surface area contributed by atoms with Crippen molar-refractivity contribution >= 4 is 5.70 Å². The fraction of sp³-hybridized carbons (Fsp3) is 0.143. The van der Waals surface area contributed by atoms with E-state index < -0.39 is 0 Å². The first-order chi connectivity index (χ1) is 5.11. The van der Waals surface area contributed by atoms with E-state index in [0.717, 1.165) is 6.20 Å². The minimum atomic E-state index is -0.366. The number of nitrogens with zero attached hydrogens (tertiary/aromatic N) is 2. The lowest BCUT2D eigenvalue weighted by Crippen LogP contribution is -2.34. The molecular formula is C7H8N2O2. The van der Waals surface area contributed by atoms with Gasteiger partial charge in [-0.15, -0.1) is 0 Å². The summed E-state index contributed by atoms with van der Waals surface area (Å²) in [5.74, 6) is 0. The lowest BCUT2D eigenvalue weighted by Gasteiger charge is -2.01. The summed E-state index contributed by atoms with van der Waals surface area (Å²) in [6.45, 7) is 5.26. The molecule has 0 amide bonds. The maximum atomic E-state index is 11.0. The normalized spacial score (nSPS) is 9.55. The molecule has 1 aromatic heterocycles. The molecule has 0 spiro atoms. The fourth-order valence-corrected chi connectivity index (χ4v) is 0.735. The van der Waals surface area contributed by atoms with Crippen molar-refractivity contribution in [2.24, 2.45) is 0 Å². The Bertz CT molecular complexity index is 341. The summed E-state index contributed by atoms with van der Waals surface area (Å²) in [5.41, 5.74) is 0.227. The van der Waals surface area contributed by atoms with Crippen LogP contribution in [0.15, 0.2) is 30.0 Å². The van der Waals surface area contributed by atoms with Crippen molar-refractivity contribution in [2.75, 3.05) is 0 Å². The van der Waals surface area contributed by atoms with Gasteiger partial charge in [0.25, 0.3) is 0 Å². The van der Waals surface area contributed by atoms with E-state index in [0.29, 0.717) is 10.4 Å². The van der Waals surface area contributed by atoms with Crippen LogP contribution >= 0.6 is 0 Å². The molecule has 0 radical (unpaired) electrons. The van der Waals surface area contributed by atoms with E-state index in [9.17, 15) is 10.0 Å². The number of rotatable bonds is 1. The van der Waals surface area contributed by atoms with E-state index in [1.54, 1.807) is 6.92 Å². The summed E-state index contributed by atoms with van der Waals surface area (Å²) in [5, 5.41) is 10.5. The molecule has 4 heteroatoms. The largest absolute Gasteiger partial charge is 0.619 e. The van der Waals surface area contributed by atoms with Crippen molar-refractivity contribution < 1.29 is 4.73 Å². The molecule has 0 N–H and O–H groups in total. The molecule has 0 aliphatic carbocycles. The molecule has 0 saturated carbocycles. The molecule has 0 atom stereocenters. The summed E-state index contributed by atoms with van der Waals surface area (Å²) in [7, 11) is 0. The van der Waals surface area contributed by atoms with Gasteiger partial charge in [-0.3, -0.25) is 9.36 Å². The first-order valence-electron chi connectivity index (χ1n) is 3.08. The Balaban J connectivity index is 3.32. The molecule has 1 heterocycles. The lowest BCUT2D eigenvalue weighted by molar-refractivity contribution is -0.607. The smallest absolute Gasteiger partial charge is 0.320 e. The van der Waals surface area contributed by atoms with Gasteiger partial charge in [-0.05, 0) is 6.92 Å². The monoisotopic (exact) mass is 152 g/mol. The predicted molar refractivity (Wildman–Crippen MR) is 40.7 cm³/mol. The molecular weight excluding hydrogens is 144 g/mol. The summed E-state index contributed by atoms with van der Waals surface area (Å²) < 4.78 is 1.76. The SMILES string of the molecule is C=C(C)n1cc[n+]([O-])cc1=O. The van der Waals surface area contributed by atoms with E-state index in [-0.39, 0.29) is 5.56 Å². The van der Waals surface area contributed by atoms with Gasteiger partial charge in [0.1, 0.15) is 0 Å². The topological polar surface area (TPSA) is 48.9 Å². The van der Waals surface area contributed by atoms with Gasteiger partial charge in [-0.1, -0.05) is 6.58 Å². The second-order valence-electron chi connectivity index (χ2n) is 2.23. The minimum Gasteiger partial charge on any atom is -0.619 e. The molecule has 11 heavy (non-hydrogen) atoms. The average Bonchev–Trinajstić information content (AvgIpc) is 1.85. The van der Waals surface area contributed by atoms with E-state index in [1.165, 1.54) is 17.0 Å². The van der Waals surface area contributed by atoms with Gasteiger partial charge in [0.2, 0.25) is 6.20 Å². The second kappa shape index (κ2) is 2.57. The molecule has 58 valence electrons. The first kappa shape index (κ1) is 7.53. The Morgan fingerprint density at radius 3 is 2.91 bits per heavy atom. The summed E-state index contributed by atoms with van der Waals surface area (Å²) in [4.78, 5) is 11.0. The van der Waals surface area contributed by atoms with Gasteiger partial charge < -0.3 is 5.21 Å². The Kier molecular flexibility index (Phi) is 1.76. The van der Waals surface area contributed by atoms with Gasteiger partial charge in [-0.25, -0.2) is 0 Å². The van der Waals surface area contributed by atoms with Crippen LogP contribution in [0.1, 0.15) is 6.92 Å². The van der Waals surface area contributed by atoms with Crippen molar-refractivity contribution in [1.82, 2.24) is 4.57 Å². The third-order valence-electron chi connectivity index (χ3n) is 1.25. The van der Waals surface area contributed by atoms with E-state index >= 15 is 0 Å². The molecule has 1 aromatic rings. The van der Waals surface area contributed by atoms with Gasteiger partial charge in [0.15, 0.2) is 6.20 Å². The zero-order chi connectivity index (χ0) is 8.43. The third-order valence-corrected chi connectivity index (χ3v) is 1.25. The molecule has 0 bridgehead atoms. The van der Waals surface area contributed by atoms with Crippen LogP contribution in [0.4, 0.5) is 0 Å². The maximum absolute atomic E-state index is 11.0. The molecule has 1 rings (SSSR count). The number of aromatic nitrogens is 2. The fourth-order valence-electron chi connectivity index (χ4n) is 0.735. The Morgan fingerprint density at radius 1 is 1.82 bits per heavy atom. The molecule has 0 aliphatic heterocycles. The van der Waals surface area contributed by atoms with Crippen LogP contribution in [0.25, 0.3) is 5.70 Å².